The van der Waals surface area contributed by atoms with Crippen molar-refractivity contribution in [3.63, 3.8) is 0 Å². The van der Waals surface area contributed by atoms with Crippen LogP contribution in [0.25, 0.3) is 11.1 Å². The van der Waals surface area contributed by atoms with Crippen molar-refractivity contribution in [2.75, 3.05) is 6.61 Å². The number of ether oxygens (including phenoxy) is 1. The zero-order valence-electron chi connectivity index (χ0n) is 13.5. The van der Waals surface area contributed by atoms with Crippen molar-refractivity contribution < 1.29 is 14.6 Å². The SMILES string of the molecule is CC1(C)COc2cc(-c3ccccc3C#N)ccc2C1NC(=O)O. The van der Waals surface area contributed by atoms with Gasteiger partial charge in [-0.2, -0.15) is 5.26 Å². The van der Waals surface area contributed by atoms with Crippen LogP contribution in [-0.4, -0.2) is 17.8 Å². The third-order valence-corrected chi connectivity index (χ3v) is 4.33. The van der Waals surface area contributed by atoms with E-state index < -0.39 is 6.09 Å². The van der Waals surface area contributed by atoms with Crippen LogP contribution >= 0.6 is 0 Å². The van der Waals surface area contributed by atoms with Crippen LogP contribution in [-0.2, 0) is 0 Å². The summed E-state index contributed by atoms with van der Waals surface area (Å²) in [5.74, 6) is 0.651. The van der Waals surface area contributed by atoms with E-state index in [0.29, 0.717) is 17.9 Å². The number of fused-ring (bicyclic) bond motifs is 1. The second-order valence-corrected chi connectivity index (χ2v) is 6.57. The topological polar surface area (TPSA) is 82.3 Å². The van der Waals surface area contributed by atoms with Crippen molar-refractivity contribution in [3.05, 3.63) is 53.6 Å². The van der Waals surface area contributed by atoms with Gasteiger partial charge in [-0.3, -0.25) is 0 Å². The molecule has 122 valence electrons. The molecule has 5 heteroatoms. The van der Waals surface area contributed by atoms with Gasteiger partial charge < -0.3 is 15.2 Å². The first-order valence-electron chi connectivity index (χ1n) is 7.68. The highest BCUT2D eigenvalue weighted by molar-refractivity contribution is 5.73. The molecule has 0 aliphatic carbocycles. The Morgan fingerprint density at radius 1 is 1.33 bits per heavy atom. The Bertz CT molecular complexity index is 837. The third-order valence-electron chi connectivity index (χ3n) is 4.33. The molecular weight excluding hydrogens is 304 g/mol. The predicted octanol–water partition coefficient (Wildman–Crippen LogP) is 3.95. The number of carboxylic acid groups (broad SMARTS) is 1. The molecule has 1 amide bonds. The summed E-state index contributed by atoms with van der Waals surface area (Å²) in [6.07, 6.45) is -1.06. The molecule has 1 aliphatic rings. The van der Waals surface area contributed by atoms with E-state index in [1.807, 2.05) is 50.2 Å². The minimum absolute atomic E-state index is 0.348. The van der Waals surface area contributed by atoms with Crippen molar-refractivity contribution in [1.29, 1.82) is 5.26 Å². The molecule has 1 unspecified atom stereocenters. The first kappa shape index (κ1) is 15.9. The van der Waals surface area contributed by atoms with Gasteiger partial charge in [0.05, 0.1) is 24.3 Å². The highest BCUT2D eigenvalue weighted by Crippen LogP contribution is 2.44. The van der Waals surface area contributed by atoms with Crippen LogP contribution in [0.15, 0.2) is 42.5 Å². The summed E-state index contributed by atoms with van der Waals surface area (Å²) >= 11 is 0. The van der Waals surface area contributed by atoms with Crippen molar-refractivity contribution in [2.45, 2.75) is 19.9 Å². The number of hydrogen-bond donors (Lipinski definition) is 2. The lowest BCUT2D eigenvalue weighted by Crippen LogP contribution is -2.43. The van der Waals surface area contributed by atoms with E-state index in [-0.39, 0.29) is 11.5 Å². The summed E-state index contributed by atoms with van der Waals surface area (Å²) in [7, 11) is 0. The molecule has 2 aromatic carbocycles. The fourth-order valence-corrected chi connectivity index (χ4v) is 3.06. The lowest BCUT2D eigenvalue weighted by molar-refractivity contribution is 0.0996. The molecule has 1 aliphatic heterocycles. The van der Waals surface area contributed by atoms with E-state index in [9.17, 15) is 10.1 Å². The van der Waals surface area contributed by atoms with Crippen LogP contribution in [0.1, 0.15) is 31.0 Å². The van der Waals surface area contributed by atoms with Crippen molar-refractivity contribution in [3.8, 4) is 22.9 Å². The highest BCUT2D eigenvalue weighted by atomic mass is 16.5. The molecule has 2 N–H and O–H groups in total. The number of hydrogen-bond acceptors (Lipinski definition) is 3. The average molecular weight is 322 g/mol. The van der Waals surface area contributed by atoms with Gasteiger partial charge in [-0.05, 0) is 23.3 Å². The Kier molecular flexibility index (Phi) is 3.90. The zero-order valence-corrected chi connectivity index (χ0v) is 13.5. The number of amides is 1. The van der Waals surface area contributed by atoms with E-state index in [1.54, 1.807) is 6.07 Å². The number of nitriles is 1. The monoisotopic (exact) mass is 322 g/mol. The molecule has 5 nitrogen and oxygen atoms in total. The van der Waals surface area contributed by atoms with Crippen molar-refractivity contribution >= 4 is 6.09 Å². The van der Waals surface area contributed by atoms with Crippen molar-refractivity contribution in [1.82, 2.24) is 5.32 Å². The summed E-state index contributed by atoms with van der Waals surface area (Å²) in [6.45, 7) is 4.35. The molecule has 0 saturated carbocycles. The number of rotatable bonds is 2. The van der Waals surface area contributed by atoms with Gasteiger partial charge in [0, 0.05) is 11.0 Å². The second-order valence-electron chi connectivity index (χ2n) is 6.57. The number of nitrogens with zero attached hydrogens (tertiary/aromatic N) is 1. The van der Waals surface area contributed by atoms with E-state index in [1.165, 1.54) is 0 Å². The van der Waals surface area contributed by atoms with Crippen molar-refractivity contribution in [2.24, 2.45) is 5.41 Å². The van der Waals surface area contributed by atoms with E-state index in [2.05, 4.69) is 11.4 Å². The molecule has 2 aromatic rings. The number of benzene rings is 2. The molecule has 1 heterocycles. The van der Waals surface area contributed by atoms with E-state index in [4.69, 9.17) is 9.84 Å². The van der Waals surface area contributed by atoms with Gasteiger partial charge in [0.15, 0.2) is 0 Å². The maximum Gasteiger partial charge on any atom is 0.405 e. The maximum atomic E-state index is 11.1. The van der Waals surface area contributed by atoms with Gasteiger partial charge >= 0.3 is 6.09 Å². The fraction of sp³-hybridized carbons (Fsp3) is 0.263. The first-order chi connectivity index (χ1) is 11.4. The Hall–Kier alpha value is -3.00. The largest absolute Gasteiger partial charge is 0.493 e. The summed E-state index contributed by atoms with van der Waals surface area (Å²) in [5, 5.41) is 21.0. The lowest BCUT2D eigenvalue weighted by atomic mass is 9.78. The minimum Gasteiger partial charge on any atom is -0.493 e. The van der Waals surface area contributed by atoms with Crippen LogP contribution in [0.2, 0.25) is 0 Å². The van der Waals surface area contributed by atoms with Gasteiger partial charge in [0.25, 0.3) is 0 Å². The third kappa shape index (κ3) is 2.79. The molecule has 0 aromatic heterocycles. The van der Waals surface area contributed by atoms with Crippen LogP contribution in [0, 0.1) is 16.7 Å². The smallest absolute Gasteiger partial charge is 0.405 e. The molecule has 0 saturated heterocycles. The molecule has 24 heavy (non-hydrogen) atoms. The summed E-state index contributed by atoms with van der Waals surface area (Å²) in [5.41, 5.74) is 2.76. The molecule has 3 rings (SSSR count). The average Bonchev–Trinajstić information content (AvgIpc) is 2.57. The zero-order chi connectivity index (χ0) is 17.3. The first-order valence-corrected chi connectivity index (χ1v) is 7.68. The van der Waals surface area contributed by atoms with E-state index in [0.717, 1.165) is 16.7 Å². The Balaban J connectivity index is 2.06. The van der Waals surface area contributed by atoms with Gasteiger partial charge in [0.2, 0.25) is 0 Å². The Labute approximate surface area is 140 Å². The normalized spacial score (nSPS) is 18.0. The number of nitrogens with one attached hydrogen (secondary N) is 1. The van der Waals surface area contributed by atoms with Gasteiger partial charge in [-0.1, -0.05) is 44.2 Å². The van der Waals surface area contributed by atoms with E-state index >= 15 is 0 Å². The molecule has 1 atom stereocenters. The summed E-state index contributed by atoms with van der Waals surface area (Å²) < 4.78 is 5.87. The van der Waals surface area contributed by atoms with Crippen LogP contribution in [0.3, 0.4) is 0 Å². The quantitative estimate of drug-likeness (QED) is 0.877. The minimum atomic E-state index is -1.06. The van der Waals surface area contributed by atoms with Crippen LogP contribution in [0.4, 0.5) is 4.79 Å². The lowest BCUT2D eigenvalue weighted by Gasteiger charge is -2.39. The van der Waals surface area contributed by atoms with Crippen LogP contribution in [0.5, 0.6) is 5.75 Å². The van der Waals surface area contributed by atoms with Gasteiger partial charge in [-0.25, -0.2) is 4.79 Å². The molecule has 0 radical (unpaired) electrons. The Morgan fingerprint density at radius 2 is 2.08 bits per heavy atom. The Morgan fingerprint density at radius 3 is 2.79 bits per heavy atom. The van der Waals surface area contributed by atoms with Crippen LogP contribution < -0.4 is 10.1 Å². The molecular formula is C19H18N2O3. The highest BCUT2D eigenvalue weighted by Gasteiger charge is 2.38. The fourth-order valence-electron chi connectivity index (χ4n) is 3.06. The molecule has 0 spiro atoms. The molecule has 0 fully saturated rings. The summed E-state index contributed by atoms with van der Waals surface area (Å²) in [6, 6.07) is 14.9. The predicted molar refractivity (Wildman–Crippen MR) is 89.8 cm³/mol. The van der Waals surface area contributed by atoms with Gasteiger partial charge in [0.1, 0.15) is 5.75 Å². The molecule has 0 bridgehead atoms. The maximum absolute atomic E-state index is 11.1. The number of carbonyl (C=O) groups is 1. The standard InChI is InChI=1S/C19H18N2O3/c1-19(2)11-24-16-9-12(14-6-4-3-5-13(14)10-20)7-8-15(16)17(19)21-18(22)23/h3-9,17,21H,11H2,1-2H3,(H,22,23). The summed E-state index contributed by atoms with van der Waals surface area (Å²) in [4.78, 5) is 11.1. The van der Waals surface area contributed by atoms with Gasteiger partial charge in [-0.15, -0.1) is 0 Å². The second kappa shape index (κ2) is 5.89.